The predicted molar refractivity (Wildman–Crippen MR) is 116 cm³/mol. The average Bonchev–Trinajstić information content (AvgIpc) is 3.09. The van der Waals surface area contributed by atoms with Crippen molar-refractivity contribution in [3.63, 3.8) is 0 Å². The zero-order valence-electron chi connectivity index (χ0n) is 18.0. The first-order valence-corrected chi connectivity index (χ1v) is 10.8. The van der Waals surface area contributed by atoms with E-state index in [1.807, 2.05) is 19.1 Å². The Hall–Kier alpha value is -3.06. The molecule has 1 unspecified atom stereocenters. The molecule has 2 N–H and O–H groups in total. The van der Waals surface area contributed by atoms with Crippen LogP contribution in [0.5, 0.6) is 11.5 Å². The molecule has 0 spiro atoms. The summed E-state index contributed by atoms with van der Waals surface area (Å²) in [5.74, 6) is 1.09. The molecule has 7 nitrogen and oxygen atoms in total. The quantitative estimate of drug-likeness (QED) is 0.719. The highest BCUT2D eigenvalue weighted by atomic mass is 16.5. The maximum absolute atomic E-state index is 12.8. The van der Waals surface area contributed by atoms with E-state index in [4.69, 9.17) is 14.2 Å². The summed E-state index contributed by atoms with van der Waals surface area (Å²) in [6, 6.07) is 11.6. The van der Waals surface area contributed by atoms with Crippen LogP contribution in [0.3, 0.4) is 0 Å². The average molecular weight is 426 g/mol. The summed E-state index contributed by atoms with van der Waals surface area (Å²) in [7, 11) is 1.34. The van der Waals surface area contributed by atoms with E-state index in [1.165, 1.54) is 17.6 Å². The van der Waals surface area contributed by atoms with Gasteiger partial charge in [0.2, 0.25) is 0 Å². The zero-order chi connectivity index (χ0) is 21.8. The molecule has 2 aromatic rings. The summed E-state index contributed by atoms with van der Waals surface area (Å²) in [5, 5.41) is 2.97. The van der Waals surface area contributed by atoms with E-state index < -0.39 is 5.97 Å². The number of amides is 1. The molecular formula is C24H29N2O5+. The van der Waals surface area contributed by atoms with Crippen LogP contribution in [-0.2, 0) is 9.53 Å². The number of aryl methyl sites for hydroxylation is 1. The van der Waals surface area contributed by atoms with E-state index in [0.717, 1.165) is 42.9 Å². The number of carbonyl (C=O) groups excluding carboxylic acids is 2. The second-order valence-electron chi connectivity index (χ2n) is 8.11. The van der Waals surface area contributed by atoms with Gasteiger partial charge in [-0.1, -0.05) is 6.07 Å². The lowest BCUT2D eigenvalue weighted by Gasteiger charge is -2.22. The standard InChI is InChI=1S/C24H28N2O5/c1-16-6-7-18(24(28)29-2)13-19(16)25-23(27)15-26-10-3-5-20(26)17-8-9-21-22(14-17)31-12-4-11-30-21/h6-9,13-14,20H,3-5,10-12,15H2,1-2H3,(H,25,27)/p+1/t20-/m1/s1. The van der Waals surface area contributed by atoms with Gasteiger partial charge in [-0.05, 0) is 42.8 Å². The van der Waals surface area contributed by atoms with Crippen LogP contribution in [0.25, 0.3) is 0 Å². The fourth-order valence-corrected chi connectivity index (χ4v) is 4.32. The number of methoxy groups -OCH3 is 1. The Bertz CT molecular complexity index is 974. The molecule has 0 aliphatic carbocycles. The smallest absolute Gasteiger partial charge is 0.337 e. The zero-order valence-corrected chi connectivity index (χ0v) is 18.0. The molecule has 2 atom stereocenters. The van der Waals surface area contributed by atoms with E-state index in [1.54, 1.807) is 12.1 Å². The number of esters is 1. The number of quaternary nitrogens is 1. The van der Waals surface area contributed by atoms with Crippen molar-refractivity contribution in [1.29, 1.82) is 0 Å². The van der Waals surface area contributed by atoms with Crippen LogP contribution in [-0.4, -0.2) is 45.3 Å². The highest BCUT2D eigenvalue weighted by Gasteiger charge is 2.32. The molecule has 0 aromatic heterocycles. The topological polar surface area (TPSA) is 78.3 Å². The number of hydrogen-bond acceptors (Lipinski definition) is 5. The molecule has 0 bridgehead atoms. The van der Waals surface area contributed by atoms with Gasteiger partial charge in [0.15, 0.2) is 18.0 Å². The Morgan fingerprint density at radius 3 is 2.71 bits per heavy atom. The van der Waals surface area contributed by atoms with Crippen LogP contribution in [0.1, 0.15) is 46.8 Å². The van der Waals surface area contributed by atoms with Gasteiger partial charge in [0.25, 0.3) is 5.91 Å². The normalized spacial score (nSPS) is 20.1. The molecule has 2 aliphatic rings. The monoisotopic (exact) mass is 425 g/mol. The van der Waals surface area contributed by atoms with Gasteiger partial charge in [-0.3, -0.25) is 4.79 Å². The minimum atomic E-state index is -0.421. The fourth-order valence-electron chi connectivity index (χ4n) is 4.32. The maximum Gasteiger partial charge on any atom is 0.337 e. The third-order valence-electron chi connectivity index (χ3n) is 5.98. The molecule has 2 aliphatic heterocycles. The number of hydrogen-bond donors (Lipinski definition) is 2. The van der Waals surface area contributed by atoms with Crippen LogP contribution in [0, 0.1) is 6.92 Å². The SMILES string of the molecule is COC(=O)c1ccc(C)c(NC(=O)C[NH+]2CCC[C@@H]2c2ccc3c(c2)OCCCO3)c1. The second kappa shape index (κ2) is 9.39. The Morgan fingerprint density at radius 1 is 1.10 bits per heavy atom. The van der Waals surface area contributed by atoms with Crippen molar-refractivity contribution in [2.45, 2.75) is 32.2 Å². The van der Waals surface area contributed by atoms with Crippen molar-refractivity contribution in [1.82, 2.24) is 0 Å². The summed E-state index contributed by atoms with van der Waals surface area (Å²) >= 11 is 0. The van der Waals surface area contributed by atoms with Crippen LogP contribution in [0.4, 0.5) is 5.69 Å². The molecule has 2 aromatic carbocycles. The molecule has 1 amide bonds. The number of ether oxygens (including phenoxy) is 3. The molecule has 0 saturated carbocycles. The summed E-state index contributed by atoms with van der Waals surface area (Å²) in [6.07, 6.45) is 2.97. The van der Waals surface area contributed by atoms with Crippen molar-refractivity contribution >= 4 is 17.6 Å². The minimum absolute atomic E-state index is 0.0682. The van der Waals surface area contributed by atoms with Gasteiger partial charge in [-0.25, -0.2) is 4.79 Å². The van der Waals surface area contributed by atoms with Crippen molar-refractivity contribution in [2.24, 2.45) is 0 Å². The number of carbonyl (C=O) groups is 2. The lowest BCUT2D eigenvalue weighted by molar-refractivity contribution is -0.910. The lowest BCUT2D eigenvalue weighted by atomic mass is 10.0. The summed E-state index contributed by atoms with van der Waals surface area (Å²) in [4.78, 5) is 25.9. The van der Waals surface area contributed by atoms with E-state index in [-0.39, 0.29) is 11.9 Å². The Balaban J connectivity index is 1.45. The molecule has 4 rings (SSSR count). The Labute approximate surface area is 182 Å². The fraction of sp³-hybridized carbons (Fsp3) is 0.417. The van der Waals surface area contributed by atoms with E-state index in [0.29, 0.717) is 31.0 Å². The Morgan fingerprint density at radius 2 is 1.90 bits per heavy atom. The molecular weight excluding hydrogens is 396 g/mol. The van der Waals surface area contributed by atoms with Gasteiger partial charge in [-0.2, -0.15) is 0 Å². The van der Waals surface area contributed by atoms with Crippen LogP contribution in [0.15, 0.2) is 36.4 Å². The number of rotatable bonds is 5. The van der Waals surface area contributed by atoms with Gasteiger partial charge in [0, 0.05) is 30.5 Å². The number of benzene rings is 2. The maximum atomic E-state index is 12.8. The van der Waals surface area contributed by atoms with Crippen molar-refractivity contribution < 1.29 is 28.7 Å². The van der Waals surface area contributed by atoms with Crippen molar-refractivity contribution in [2.75, 3.05) is 38.7 Å². The van der Waals surface area contributed by atoms with Gasteiger partial charge in [0.05, 0.1) is 32.4 Å². The Kier molecular flexibility index (Phi) is 6.42. The third kappa shape index (κ3) is 4.82. The van der Waals surface area contributed by atoms with Gasteiger partial charge in [0.1, 0.15) is 6.04 Å². The summed E-state index contributed by atoms with van der Waals surface area (Å²) in [5.41, 5.74) is 3.13. The van der Waals surface area contributed by atoms with Crippen LogP contribution >= 0.6 is 0 Å². The highest BCUT2D eigenvalue weighted by molar-refractivity contribution is 5.95. The molecule has 7 heteroatoms. The number of likely N-dealkylation sites (tertiary alicyclic amines) is 1. The van der Waals surface area contributed by atoms with Crippen LogP contribution < -0.4 is 19.7 Å². The van der Waals surface area contributed by atoms with Crippen molar-refractivity contribution in [3.05, 3.63) is 53.1 Å². The number of fused-ring (bicyclic) bond motifs is 1. The first-order valence-electron chi connectivity index (χ1n) is 10.8. The van der Waals surface area contributed by atoms with E-state index in [2.05, 4.69) is 17.4 Å². The molecule has 31 heavy (non-hydrogen) atoms. The predicted octanol–water partition coefficient (Wildman–Crippen LogP) is 2.30. The summed E-state index contributed by atoms with van der Waals surface area (Å²) in [6.45, 7) is 4.53. The first kappa shape index (κ1) is 21.2. The molecule has 1 fully saturated rings. The lowest BCUT2D eigenvalue weighted by Crippen LogP contribution is -3.11. The van der Waals surface area contributed by atoms with E-state index in [9.17, 15) is 9.59 Å². The minimum Gasteiger partial charge on any atom is -0.490 e. The largest absolute Gasteiger partial charge is 0.490 e. The number of anilines is 1. The summed E-state index contributed by atoms with van der Waals surface area (Å²) < 4.78 is 16.4. The van der Waals surface area contributed by atoms with Crippen LogP contribution in [0.2, 0.25) is 0 Å². The van der Waals surface area contributed by atoms with Gasteiger partial charge < -0.3 is 24.4 Å². The molecule has 1 saturated heterocycles. The van der Waals surface area contributed by atoms with Crippen molar-refractivity contribution in [3.8, 4) is 11.5 Å². The third-order valence-corrected chi connectivity index (χ3v) is 5.98. The second-order valence-corrected chi connectivity index (χ2v) is 8.11. The molecule has 164 valence electrons. The van der Waals surface area contributed by atoms with Gasteiger partial charge in [-0.15, -0.1) is 0 Å². The molecule has 2 heterocycles. The highest BCUT2D eigenvalue weighted by Crippen LogP contribution is 2.33. The number of nitrogens with one attached hydrogen (secondary N) is 2. The van der Waals surface area contributed by atoms with E-state index >= 15 is 0 Å². The first-order chi connectivity index (χ1) is 15.0. The molecule has 0 radical (unpaired) electrons. The van der Waals surface area contributed by atoms with Gasteiger partial charge >= 0.3 is 5.97 Å².